The van der Waals surface area contributed by atoms with Crippen molar-refractivity contribution < 1.29 is 4.79 Å². The van der Waals surface area contributed by atoms with Crippen molar-refractivity contribution in [1.29, 1.82) is 0 Å². The van der Waals surface area contributed by atoms with Gasteiger partial charge in [-0.1, -0.05) is 0 Å². The molecule has 5 heteroatoms. The smallest absolute Gasteiger partial charge is 0.224 e. The summed E-state index contributed by atoms with van der Waals surface area (Å²) in [6, 6.07) is 2.05. The minimum absolute atomic E-state index is 0.0878. The van der Waals surface area contributed by atoms with Crippen LogP contribution in [0.15, 0.2) is 16.7 Å². The first kappa shape index (κ1) is 12.4. The quantitative estimate of drug-likeness (QED) is 0.904. The fourth-order valence-electron chi connectivity index (χ4n) is 2.24. The molecule has 1 saturated heterocycles. The van der Waals surface area contributed by atoms with Gasteiger partial charge in [-0.2, -0.15) is 0 Å². The lowest BCUT2D eigenvalue weighted by molar-refractivity contribution is -0.123. The first-order chi connectivity index (χ1) is 8.11. The molecule has 1 fully saturated rings. The van der Waals surface area contributed by atoms with E-state index in [9.17, 15) is 4.79 Å². The predicted octanol–water partition coefficient (Wildman–Crippen LogP) is 1.72. The summed E-state index contributed by atoms with van der Waals surface area (Å²) < 4.78 is 0.987. The lowest BCUT2D eigenvalue weighted by atomic mass is 10.1. The Balaban J connectivity index is 2.12. The number of rotatable bonds is 2. The van der Waals surface area contributed by atoms with Crippen LogP contribution in [-0.2, 0) is 4.79 Å². The molecule has 17 heavy (non-hydrogen) atoms. The Bertz CT molecular complexity index is 436. The van der Waals surface area contributed by atoms with Crippen LogP contribution >= 0.6 is 15.9 Å². The summed E-state index contributed by atoms with van der Waals surface area (Å²) in [4.78, 5) is 18.2. The van der Waals surface area contributed by atoms with Crippen LogP contribution in [0.1, 0.15) is 12.0 Å². The molecule has 92 valence electrons. The highest BCUT2D eigenvalue weighted by atomic mass is 79.9. The van der Waals surface area contributed by atoms with Gasteiger partial charge in [0.15, 0.2) is 0 Å². The van der Waals surface area contributed by atoms with E-state index in [1.807, 2.05) is 6.92 Å². The summed E-state index contributed by atoms with van der Waals surface area (Å²) in [5.41, 5.74) is 1.14. The van der Waals surface area contributed by atoms with Crippen molar-refractivity contribution in [2.24, 2.45) is 5.92 Å². The van der Waals surface area contributed by atoms with Gasteiger partial charge in [-0.05, 0) is 40.9 Å². The molecule has 2 heterocycles. The zero-order valence-corrected chi connectivity index (χ0v) is 11.6. The molecule has 1 aliphatic rings. The second-order valence-corrected chi connectivity index (χ2v) is 5.26. The van der Waals surface area contributed by atoms with Gasteiger partial charge in [0.05, 0.1) is 5.92 Å². The lowest BCUT2D eigenvalue weighted by Crippen LogP contribution is -2.30. The third-order valence-corrected chi connectivity index (χ3v) is 3.56. The minimum Gasteiger partial charge on any atom is -0.359 e. The monoisotopic (exact) mass is 297 g/mol. The molecule has 0 aromatic carbocycles. The SMILES string of the molecule is CNC(=O)C1CCN(c2ncc(Br)cc2C)C1. The summed E-state index contributed by atoms with van der Waals surface area (Å²) in [6.45, 7) is 3.70. The van der Waals surface area contributed by atoms with Crippen molar-refractivity contribution >= 4 is 27.7 Å². The maximum absolute atomic E-state index is 11.6. The van der Waals surface area contributed by atoms with E-state index in [0.29, 0.717) is 0 Å². The molecule has 1 unspecified atom stereocenters. The van der Waals surface area contributed by atoms with Crippen LogP contribution < -0.4 is 10.2 Å². The number of carbonyl (C=O) groups excluding carboxylic acids is 1. The van der Waals surface area contributed by atoms with E-state index in [2.05, 4.69) is 37.2 Å². The summed E-state index contributed by atoms with van der Waals surface area (Å²) in [5.74, 6) is 1.20. The number of anilines is 1. The highest BCUT2D eigenvalue weighted by Crippen LogP contribution is 2.26. The molecule has 0 bridgehead atoms. The van der Waals surface area contributed by atoms with E-state index < -0.39 is 0 Å². The van der Waals surface area contributed by atoms with Gasteiger partial charge in [0.25, 0.3) is 0 Å². The first-order valence-corrected chi connectivity index (χ1v) is 6.50. The van der Waals surface area contributed by atoms with Crippen LogP contribution in [0.3, 0.4) is 0 Å². The Labute approximate surface area is 110 Å². The molecule has 0 spiro atoms. The number of aryl methyl sites for hydroxylation is 1. The Morgan fingerprint density at radius 2 is 2.41 bits per heavy atom. The number of nitrogens with zero attached hydrogens (tertiary/aromatic N) is 2. The third-order valence-electron chi connectivity index (χ3n) is 3.12. The summed E-state index contributed by atoms with van der Waals surface area (Å²) in [5, 5.41) is 2.71. The molecular formula is C12H16BrN3O. The molecule has 0 saturated carbocycles. The van der Waals surface area contributed by atoms with Crippen LogP contribution in [0.5, 0.6) is 0 Å². The number of aromatic nitrogens is 1. The maximum Gasteiger partial charge on any atom is 0.224 e. The molecule has 1 amide bonds. The van der Waals surface area contributed by atoms with Crippen molar-refractivity contribution in [3.63, 3.8) is 0 Å². The fraction of sp³-hybridized carbons (Fsp3) is 0.500. The molecule has 0 aliphatic carbocycles. The zero-order valence-electron chi connectivity index (χ0n) is 10.0. The van der Waals surface area contributed by atoms with Gasteiger partial charge in [-0.25, -0.2) is 4.98 Å². The third kappa shape index (κ3) is 2.60. The van der Waals surface area contributed by atoms with Crippen molar-refractivity contribution in [2.45, 2.75) is 13.3 Å². The molecule has 1 aliphatic heterocycles. The van der Waals surface area contributed by atoms with Crippen LogP contribution in [0.25, 0.3) is 0 Å². The summed E-state index contributed by atoms with van der Waals surface area (Å²) in [6.07, 6.45) is 2.70. The van der Waals surface area contributed by atoms with Crippen LogP contribution in [0, 0.1) is 12.8 Å². The fourth-order valence-corrected chi connectivity index (χ4v) is 2.68. The minimum atomic E-state index is 0.0878. The number of halogens is 1. The summed E-state index contributed by atoms with van der Waals surface area (Å²) in [7, 11) is 1.69. The molecule has 4 nitrogen and oxygen atoms in total. The van der Waals surface area contributed by atoms with Gasteiger partial charge in [0.1, 0.15) is 5.82 Å². The average Bonchev–Trinajstić information content (AvgIpc) is 2.77. The van der Waals surface area contributed by atoms with Gasteiger partial charge >= 0.3 is 0 Å². The van der Waals surface area contributed by atoms with Crippen LogP contribution in [0.2, 0.25) is 0 Å². The van der Waals surface area contributed by atoms with Crippen molar-refractivity contribution in [3.8, 4) is 0 Å². The van der Waals surface area contributed by atoms with Crippen molar-refractivity contribution in [1.82, 2.24) is 10.3 Å². The van der Waals surface area contributed by atoms with Gasteiger partial charge < -0.3 is 10.2 Å². The average molecular weight is 298 g/mol. The molecule has 1 N–H and O–H groups in total. The Morgan fingerprint density at radius 3 is 3.06 bits per heavy atom. The highest BCUT2D eigenvalue weighted by Gasteiger charge is 2.28. The maximum atomic E-state index is 11.6. The number of hydrogen-bond acceptors (Lipinski definition) is 3. The van der Waals surface area contributed by atoms with Crippen molar-refractivity contribution in [2.75, 3.05) is 25.0 Å². The molecular weight excluding hydrogens is 282 g/mol. The van der Waals surface area contributed by atoms with Crippen molar-refractivity contribution in [3.05, 3.63) is 22.3 Å². The van der Waals surface area contributed by atoms with E-state index in [4.69, 9.17) is 0 Å². The Kier molecular flexibility index (Phi) is 3.66. The lowest BCUT2D eigenvalue weighted by Gasteiger charge is -2.19. The normalized spacial score (nSPS) is 19.5. The van der Waals surface area contributed by atoms with Gasteiger partial charge in [-0.15, -0.1) is 0 Å². The van der Waals surface area contributed by atoms with Crippen LogP contribution in [-0.4, -0.2) is 31.0 Å². The number of nitrogens with one attached hydrogen (secondary N) is 1. The van der Waals surface area contributed by atoms with E-state index in [1.165, 1.54) is 0 Å². The Morgan fingerprint density at radius 1 is 1.65 bits per heavy atom. The van der Waals surface area contributed by atoms with Gasteiger partial charge in [0, 0.05) is 30.8 Å². The molecule has 1 aromatic rings. The highest BCUT2D eigenvalue weighted by molar-refractivity contribution is 9.10. The second kappa shape index (κ2) is 5.04. The van der Waals surface area contributed by atoms with E-state index in [-0.39, 0.29) is 11.8 Å². The van der Waals surface area contributed by atoms with E-state index in [1.54, 1.807) is 13.2 Å². The molecule has 0 radical (unpaired) electrons. The largest absolute Gasteiger partial charge is 0.359 e. The molecule has 1 atom stereocenters. The predicted molar refractivity (Wildman–Crippen MR) is 71.1 cm³/mol. The topological polar surface area (TPSA) is 45.2 Å². The van der Waals surface area contributed by atoms with E-state index >= 15 is 0 Å². The number of hydrogen-bond donors (Lipinski definition) is 1. The van der Waals surface area contributed by atoms with Gasteiger partial charge in [0.2, 0.25) is 5.91 Å². The molecule has 2 rings (SSSR count). The first-order valence-electron chi connectivity index (χ1n) is 5.70. The number of pyridine rings is 1. The second-order valence-electron chi connectivity index (χ2n) is 4.34. The standard InChI is InChI=1S/C12H16BrN3O/c1-8-5-10(13)6-15-11(8)16-4-3-9(7-16)12(17)14-2/h5-6,9H,3-4,7H2,1-2H3,(H,14,17). The zero-order chi connectivity index (χ0) is 12.4. The Hall–Kier alpha value is -1.10. The van der Waals surface area contributed by atoms with E-state index in [0.717, 1.165) is 35.4 Å². The molecule has 1 aromatic heterocycles. The van der Waals surface area contributed by atoms with Gasteiger partial charge in [-0.3, -0.25) is 4.79 Å². The summed E-state index contributed by atoms with van der Waals surface area (Å²) >= 11 is 3.41. The van der Waals surface area contributed by atoms with Crippen LogP contribution in [0.4, 0.5) is 5.82 Å². The number of carbonyl (C=O) groups is 1. The number of amides is 1.